The lowest BCUT2D eigenvalue weighted by molar-refractivity contribution is 0.217. The van der Waals surface area contributed by atoms with Gasteiger partial charge in [-0.3, -0.25) is 4.90 Å². The van der Waals surface area contributed by atoms with Gasteiger partial charge in [0.2, 0.25) is 0 Å². The molecule has 1 aromatic carbocycles. The van der Waals surface area contributed by atoms with E-state index < -0.39 is 0 Å². The van der Waals surface area contributed by atoms with Crippen molar-refractivity contribution in [3.63, 3.8) is 0 Å². The number of fused-ring (bicyclic) bond motifs is 1. The van der Waals surface area contributed by atoms with Gasteiger partial charge in [0.25, 0.3) is 0 Å². The van der Waals surface area contributed by atoms with Crippen LogP contribution in [0.4, 0.5) is 0 Å². The standard InChI is InChI=1S/C15H20N2O/c1-16-13(11-17-7-3-2-4-8-17)9-12-5-6-14(18)10-15(12)16/h5-6,9-10,18H,2-4,7-8,11H2,1H3. The minimum Gasteiger partial charge on any atom is -0.508 e. The number of phenolic OH excluding ortho intramolecular Hbond substituents is 1. The zero-order valence-electron chi connectivity index (χ0n) is 10.9. The summed E-state index contributed by atoms with van der Waals surface area (Å²) in [4.78, 5) is 2.53. The van der Waals surface area contributed by atoms with Gasteiger partial charge < -0.3 is 9.67 Å². The van der Waals surface area contributed by atoms with Crippen LogP contribution in [-0.4, -0.2) is 27.7 Å². The van der Waals surface area contributed by atoms with Gasteiger partial charge in [0, 0.05) is 30.7 Å². The lowest BCUT2D eigenvalue weighted by Crippen LogP contribution is -2.29. The fraction of sp³-hybridized carbons (Fsp3) is 0.467. The maximum absolute atomic E-state index is 9.56. The van der Waals surface area contributed by atoms with Crippen molar-refractivity contribution >= 4 is 10.9 Å². The van der Waals surface area contributed by atoms with E-state index in [1.165, 1.54) is 43.4 Å². The number of hydrogen-bond acceptors (Lipinski definition) is 2. The molecule has 0 saturated carbocycles. The van der Waals surface area contributed by atoms with E-state index in [4.69, 9.17) is 0 Å². The summed E-state index contributed by atoms with van der Waals surface area (Å²) in [5.74, 6) is 0.341. The number of piperidine rings is 1. The summed E-state index contributed by atoms with van der Waals surface area (Å²) in [7, 11) is 2.08. The number of aromatic hydroxyl groups is 1. The van der Waals surface area contributed by atoms with E-state index >= 15 is 0 Å². The van der Waals surface area contributed by atoms with E-state index in [0.29, 0.717) is 5.75 Å². The Morgan fingerprint density at radius 2 is 1.89 bits per heavy atom. The number of hydrogen-bond donors (Lipinski definition) is 1. The summed E-state index contributed by atoms with van der Waals surface area (Å²) in [6.07, 6.45) is 4.02. The monoisotopic (exact) mass is 244 g/mol. The summed E-state index contributed by atoms with van der Waals surface area (Å²) in [6, 6.07) is 7.83. The largest absolute Gasteiger partial charge is 0.508 e. The zero-order valence-corrected chi connectivity index (χ0v) is 10.9. The molecule has 0 atom stereocenters. The van der Waals surface area contributed by atoms with Gasteiger partial charge in [0.05, 0.1) is 5.52 Å². The molecule has 0 radical (unpaired) electrons. The highest BCUT2D eigenvalue weighted by molar-refractivity contribution is 5.82. The van der Waals surface area contributed by atoms with Crippen molar-refractivity contribution in [1.29, 1.82) is 0 Å². The van der Waals surface area contributed by atoms with Gasteiger partial charge in [-0.25, -0.2) is 0 Å². The normalized spacial score (nSPS) is 17.4. The van der Waals surface area contributed by atoms with Gasteiger partial charge >= 0.3 is 0 Å². The summed E-state index contributed by atoms with van der Waals surface area (Å²) in [5, 5.41) is 10.8. The van der Waals surface area contributed by atoms with Crippen molar-refractivity contribution in [1.82, 2.24) is 9.47 Å². The van der Waals surface area contributed by atoms with Gasteiger partial charge in [-0.1, -0.05) is 6.42 Å². The molecule has 0 aliphatic carbocycles. The van der Waals surface area contributed by atoms with Gasteiger partial charge in [0.1, 0.15) is 5.75 Å². The predicted molar refractivity (Wildman–Crippen MR) is 73.7 cm³/mol. The maximum Gasteiger partial charge on any atom is 0.117 e. The van der Waals surface area contributed by atoms with Crippen molar-refractivity contribution < 1.29 is 5.11 Å². The fourth-order valence-corrected chi connectivity index (χ4v) is 2.87. The Labute approximate surface area is 108 Å². The zero-order chi connectivity index (χ0) is 12.5. The average Bonchev–Trinajstić information content (AvgIpc) is 2.68. The molecule has 0 bridgehead atoms. The summed E-state index contributed by atoms with van der Waals surface area (Å²) < 4.78 is 2.20. The maximum atomic E-state index is 9.56. The lowest BCUT2D eigenvalue weighted by Gasteiger charge is -2.26. The number of aryl methyl sites for hydroxylation is 1. The molecule has 2 heterocycles. The van der Waals surface area contributed by atoms with Crippen LogP contribution in [0, 0.1) is 0 Å². The predicted octanol–water partition coefficient (Wildman–Crippen LogP) is 2.87. The minimum atomic E-state index is 0.341. The number of rotatable bonds is 2. The number of aromatic nitrogens is 1. The van der Waals surface area contributed by atoms with Crippen LogP contribution in [0.25, 0.3) is 10.9 Å². The highest BCUT2D eigenvalue weighted by atomic mass is 16.3. The number of phenols is 1. The van der Waals surface area contributed by atoms with E-state index in [1.807, 2.05) is 12.1 Å². The molecule has 1 aliphatic rings. The number of nitrogens with zero attached hydrogens (tertiary/aromatic N) is 2. The van der Waals surface area contributed by atoms with Crippen LogP contribution in [0.3, 0.4) is 0 Å². The first kappa shape index (κ1) is 11.6. The van der Waals surface area contributed by atoms with Crippen LogP contribution in [0.1, 0.15) is 25.0 Å². The molecule has 1 fully saturated rings. The van der Waals surface area contributed by atoms with E-state index in [-0.39, 0.29) is 0 Å². The molecule has 1 aliphatic heterocycles. The molecular formula is C15H20N2O. The lowest BCUT2D eigenvalue weighted by atomic mass is 10.1. The summed E-state index contributed by atoms with van der Waals surface area (Å²) in [6.45, 7) is 3.45. The molecule has 1 N–H and O–H groups in total. The van der Waals surface area contributed by atoms with Gasteiger partial charge in [0.15, 0.2) is 0 Å². The van der Waals surface area contributed by atoms with Crippen molar-refractivity contribution in [3.8, 4) is 5.75 Å². The van der Waals surface area contributed by atoms with Crippen molar-refractivity contribution in [2.24, 2.45) is 7.05 Å². The molecule has 1 aromatic heterocycles. The van der Waals surface area contributed by atoms with Crippen LogP contribution in [0.5, 0.6) is 5.75 Å². The molecule has 0 amide bonds. The number of likely N-dealkylation sites (tertiary alicyclic amines) is 1. The van der Waals surface area contributed by atoms with E-state index in [2.05, 4.69) is 22.6 Å². The first-order valence-electron chi connectivity index (χ1n) is 6.74. The van der Waals surface area contributed by atoms with Crippen LogP contribution in [0.2, 0.25) is 0 Å². The Balaban J connectivity index is 1.89. The summed E-state index contributed by atoms with van der Waals surface area (Å²) in [5.41, 5.74) is 2.44. The van der Waals surface area contributed by atoms with Gasteiger partial charge in [-0.05, 0) is 44.1 Å². The molecule has 1 saturated heterocycles. The smallest absolute Gasteiger partial charge is 0.117 e. The Morgan fingerprint density at radius 1 is 1.11 bits per heavy atom. The van der Waals surface area contributed by atoms with Crippen molar-refractivity contribution in [2.45, 2.75) is 25.8 Å². The SMILES string of the molecule is Cn1c(CN2CCCCC2)cc2ccc(O)cc21. The fourth-order valence-electron chi connectivity index (χ4n) is 2.87. The highest BCUT2D eigenvalue weighted by Gasteiger charge is 2.13. The first-order chi connectivity index (χ1) is 8.74. The third kappa shape index (κ3) is 2.10. The Kier molecular flexibility index (Phi) is 3.00. The molecule has 3 heteroatoms. The second-order valence-electron chi connectivity index (χ2n) is 5.27. The molecule has 3 rings (SSSR count). The van der Waals surface area contributed by atoms with E-state index in [9.17, 15) is 5.11 Å². The van der Waals surface area contributed by atoms with Gasteiger partial charge in [-0.15, -0.1) is 0 Å². The van der Waals surface area contributed by atoms with Crippen LogP contribution in [0.15, 0.2) is 24.3 Å². The third-order valence-corrected chi connectivity index (χ3v) is 3.96. The van der Waals surface area contributed by atoms with Crippen LogP contribution < -0.4 is 0 Å². The van der Waals surface area contributed by atoms with Crippen molar-refractivity contribution in [3.05, 3.63) is 30.0 Å². The van der Waals surface area contributed by atoms with Gasteiger partial charge in [-0.2, -0.15) is 0 Å². The van der Waals surface area contributed by atoms with E-state index in [1.54, 1.807) is 6.07 Å². The topological polar surface area (TPSA) is 28.4 Å². The third-order valence-electron chi connectivity index (χ3n) is 3.96. The average molecular weight is 244 g/mol. The second-order valence-corrected chi connectivity index (χ2v) is 5.27. The first-order valence-corrected chi connectivity index (χ1v) is 6.74. The van der Waals surface area contributed by atoms with Crippen molar-refractivity contribution in [2.75, 3.05) is 13.1 Å². The van der Waals surface area contributed by atoms with E-state index in [0.717, 1.165) is 12.1 Å². The Morgan fingerprint density at radius 3 is 2.67 bits per heavy atom. The van der Waals surface area contributed by atoms with Crippen LogP contribution in [-0.2, 0) is 13.6 Å². The molecule has 18 heavy (non-hydrogen) atoms. The molecule has 2 aromatic rings. The summed E-state index contributed by atoms with van der Waals surface area (Å²) >= 11 is 0. The highest BCUT2D eigenvalue weighted by Crippen LogP contribution is 2.24. The molecule has 96 valence electrons. The Bertz CT molecular complexity index is 553. The van der Waals surface area contributed by atoms with Crippen LogP contribution >= 0.6 is 0 Å². The minimum absolute atomic E-state index is 0.341. The Hall–Kier alpha value is -1.48. The second kappa shape index (κ2) is 4.65. The number of benzene rings is 1. The molecule has 0 unspecified atom stereocenters. The molecular weight excluding hydrogens is 224 g/mol. The quantitative estimate of drug-likeness (QED) is 0.880. The molecule has 0 spiro atoms. The molecule has 3 nitrogen and oxygen atoms in total.